The SMILES string of the molecule is COc1ccc(S(=O)(=O)N2CCN(c3ccc(-c4ccccc4OC)nn3)CC2)c(OC)c1. The van der Waals surface area contributed by atoms with Crippen molar-refractivity contribution in [2.75, 3.05) is 52.4 Å². The van der Waals surface area contributed by atoms with Crippen molar-refractivity contribution < 1.29 is 22.6 Å². The second kappa shape index (κ2) is 9.63. The first kappa shape index (κ1) is 22.8. The summed E-state index contributed by atoms with van der Waals surface area (Å²) >= 11 is 0. The van der Waals surface area contributed by atoms with E-state index in [4.69, 9.17) is 14.2 Å². The van der Waals surface area contributed by atoms with Crippen molar-refractivity contribution >= 4 is 15.8 Å². The molecule has 9 nitrogen and oxygen atoms in total. The Kier molecular flexibility index (Phi) is 6.66. The van der Waals surface area contributed by atoms with Gasteiger partial charge >= 0.3 is 0 Å². The molecule has 0 N–H and O–H groups in total. The van der Waals surface area contributed by atoms with Crippen LogP contribution in [0.1, 0.15) is 0 Å². The van der Waals surface area contributed by atoms with Gasteiger partial charge < -0.3 is 19.1 Å². The van der Waals surface area contributed by atoms with Gasteiger partial charge in [-0.05, 0) is 36.4 Å². The van der Waals surface area contributed by atoms with Crippen molar-refractivity contribution in [1.82, 2.24) is 14.5 Å². The summed E-state index contributed by atoms with van der Waals surface area (Å²) in [6, 6.07) is 16.1. The number of piperazine rings is 1. The summed E-state index contributed by atoms with van der Waals surface area (Å²) in [6.07, 6.45) is 0. The number of ether oxygens (including phenoxy) is 3. The number of methoxy groups -OCH3 is 3. The minimum atomic E-state index is -3.71. The Morgan fingerprint density at radius 3 is 2.15 bits per heavy atom. The first-order valence-corrected chi connectivity index (χ1v) is 11.9. The minimum absolute atomic E-state index is 0.125. The molecule has 0 saturated carbocycles. The molecule has 1 aromatic heterocycles. The maximum atomic E-state index is 13.2. The highest BCUT2D eigenvalue weighted by Crippen LogP contribution is 2.32. The standard InChI is InChI=1S/C23H26N4O5S/c1-30-17-8-10-22(21(16-17)32-3)33(28,29)27-14-12-26(13-15-27)23-11-9-19(24-25-23)18-6-4-5-7-20(18)31-2/h4-11,16H,12-15H2,1-3H3. The fourth-order valence-electron chi connectivity index (χ4n) is 3.78. The maximum absolute atomic E-state index is 13.2. The zero-order valence-corrected chi connectivity index (χ0v) is 19.6. The highest BCUT2D eigenvalue weighted by atomic mass is 32.2. The molecule has 33 heavy (non-hydrogen) atoms. The second-order valence-corrected chi connectivity index (χ2v) is 9.29. The number of anilines is 1. The molecule has 0 atom stereocenters. The number of hydrogen-bond acceptors (Lipinski definition) is 8. The van der Waals surface area contributed by atoms with Crippen molar-refractivity contribution in [2.45, 2.75) is 4.90 Å². The highest BCUT2D eigenvalue weighted by molar-refractivity contribution is 7.89. The summed E-state index contributed by atoms with van der Waals surface area (Å²) in [4.78, 5) is 2.15. The summed E-state index contributed by atoms with van der Waals surface area (Å²) in [6.45, 7) is 1.65. The predicted octanol–water partition coefficient (Wildman–Crippen LogP) is 2.68. The molecule has 0 aliphatic carbocycles. The molecule has 0 bridgehead atoms. The lowest BCUT2D eigenvalue weighted by Gasteiger charge is -2.34. The first-order chi connectivity index (χ1) is 16.0. The van der Waals surface area contributed by atoms with Crippen LogP contribution in [0.15, 0.2) is 59.5 Å². The van der Waals surface area contributed by atoms with Crippen LogP contribution in [0.25, 0.3) is 11.3 Å². The summed E-state index contributed by atoms with van der Waals surface area (Å²) < 4.78 is 43.8. The molecule has 1 fully saturated rings. The summed E-state index contributed by atoms with van der Waals surface area (Å²) in [5.74, 6) is 2.22. The maximum Gasteiger partial charge on any atom is 0.246 e. The Bertz CT molecular complexity index is 1210. The number of sulfonamides is 1. The van der Waals surface area contributed by atoms with E-state index >= 15 is 0 Å². The van der Waals surface area contributed by atoms with Gasteiger partial charge in [-0.3, -0.25) is 0 Å². The Hall–Kier alpha value is -3.37. The van der Waals surface area contributed by atoms with Gasteiger partial charge in [-0.15, -0.1) is 10.2 Å². The molecule has 2 aromatic carbocycles. The molecule has 0 amide bonds. The van der Waals surface area contributed by atoms with Crippen LogP contribution in [0.5, 0.6) is 17.2 Å². The lowest BCUT2D eigenvalue weighted by Crippen LogP contribution is -2.49. The minimum Gasteiger partial charge on any atom is -0.497 e. The molecule has 10 heteroatoms. The third kappa shape index (κ3) is 4.57. The molecule has 0 unspecified atom stereocenters. The van der Waals surface area contributed by atoms with Crippen LogP contribution in [-0.4, -0.2) is 70.4 Å². The number of para-hydroxylation sites is 1. The molecule has 1 aliphatic rings. The van der Waals surface area contributed by atoms with Gasteiger partial charge in [-0.25, -0.2) is 8.42 Å². The van der Waals surface area contributed by atoms with Crippen LogP contribution >= 0.6 is 0 Å². The van der Waals surface area contributed by atoms with E-state index in [0.29, 0.717) is 43.4 Å². The topological polar surface area (TPSA) is 94.1 Å². The Morgan fingerprint density at radius 2 is 1.52 bits per heavy atom. The second-order valence-electron chi connectivity index (χ2n) is 7.38. The zero-order chi connectivity index (χ0) is 23.4. The van der Waals surface area contributed by atoms with Crippen LogP contribution in [0.4, 0.5) is 5.82 Å². The monoisotopic (exact) mass is 470 g/mol. The van der Waals surface area contributed by atoms with Gasteiger partial charge in [0.15, 0.2) is 5.82 Å². The molecule has 1 aliphatic heterocycles. The predicted molar refractivity (Wildman–Crippen MR) is 125 cm³/mol. The van der Waals surface area contributed by atoms with Gasteiger partial charge in [0.2, 0.25) is 10.0 Å². The van der Waals surface area contributed by atoms with Crippen molar-refractivity contribution in [3.05, 3.63) is 54.6 Å². The molecule has 0 spiro atoms. The highest BCUT2D eigenvalue weighted by Gasteiger charge is 2.31. The Morgan fingerprint density at radius 1 is 0.788 bits per heavy atom. The number of hydrogen-bond donors (Lipinski definition) is 0. The number of aromatic nitrogens is 2. The molecule has 1 saturated heterocycles. The van der Waals surface area contributed by atoms with Crippen molar-refractivity contribution in [1.29, 1.82) is 0 Å². The van der Waals surface area contributed by atoms with Crippen LogP contribution in [0, 0.1) is 0 Å². The van der Waals surface area contributed by atoms with Gasteiger partial charge in [0, 0.05) is 37.8 Å². The average molecular weight is 471 g/mol. The molecule has 0 radical (unpaired) electrons. The third-order valence-corrected chi connectivity index (χ3v) is 7.52. The summed E-state index contributed by atoms with van der Waals surface area (Å²) in [7, 11) is 0.876. The summed E-state index contributed by atoms with van der Waals surface area (Å²) in [5.41, 5.74) is 1.58. The fraction of sp³-hybridized carbons (Fsp3) is 0.304. The van der Waals surface area contributed by atoms with Gasteiger partial charge in [-0.2, -0.15) is 4.31 Å². The van der Waals surface area contributed by atoms with Gasteiger partial charge in [0.25, 0.3) is 0 Å². The van der Waals surface area contributed by atoms with Crippen LogP contribution in [0.2, 0.25) is 0 Å². The van der Waals surface area contributed by atoms with Crippen molar-refractivity contribution in [3.63, 3.8) is 0 Å². The van der Waals surface area contributed by atoms with Crippen LogP contribution in [0.3, 0.4) is 0 Å². The van der Waals surface area contributed by atoms with E-state index < -0.39 is 10.0 Å². The van der Waals surface area contributed by atoms with E-state index in [1.54, 1.807) is 19.2 Å². The molecular weight excluding hydrogens is 444 g/mol. The lowest BCUT2D eigenvalue weighted by molar-refractivity contribution is 0.369. The number of nitrogens with zero attached hydrogens (tertiary/aromatic N) is 4. The van der Waals surface area contributed by atoms with E-state index in [1.165, 1.54) is 24.6 Å². The number of benzene rings is 2. The zero-order valence-electron chi connectivity index (χ0n) is 18.8. The van der Waals surface area contributed by atoms with E-state index in [-0.39, 0.29) is 10.6 Å². The largest absolute Gasteiger partial charge is 0.497 e. The molecule has 174 valence electrons. The van der Waals surface area contributed by atoms with Crippen molar-refractivity contribution in [3.8, 4) is 28.5 Å². The van der Waals surface area contributed by atoms with E-state index in [2.05, 4.69) is 10.2 Å². The number of rotatable bonds is 7. The first-order valence-electron chi connectivity index (χ1n) is 10.4. The van der Waals surface area contributed by atoms with E-state index in [9.17, 15) is 8.42 Å². The normalized spacial score (nSPS) is 14.7. The van der Waals surface area contributed by atoms with Crippen LogP contribution in [-0.2, 0) is 10.0 Å². The van der Waals surface area contributed by atoms with Crippen molar-refractivity contribution in [2.24, 2.45) is 0 Å². The molecule has 4 rings (SSSR count). The van der Waals surface area contributed by atoms with Crippen LogP contribution < -0.4 is 19.1 Å². The molecule has 2 heterocycles. The fourth-order valence-corrected chi connectivity index (χ4v) is 5.34. The van der Waals surface area contributed by atoms with Gasteiger partial charge in [0.05, 0.1) is 27.0 Å². The Balaban J connectivity index is 1.47. The third-order valence-electron chi connectivity index (χ3n) is 5.58. The molecular formula is C23H26N4O5S. The average Bonchev–Trinajstić information content (AvgIpc) is 2.88. The summed E-state index contributed by atoms with van der Waals surface area (Å²) in [5, 5.41) is 8.72. The van der Waals surface area contributed by atoms with Gasteiger partial charge in [-0.1, -0.05) is 12.1 Å². The molecule has 3 aromatic rings. The van der Waals surface area contributed by atoms with Gasteiger partial charge in [0.1, 0.15) is 22.1 Å². The smallest absolute Gasteiger partial charge is 0.246 e. The Labute approximate surface area is 193 Å². The lowest BCUT2D eigenvalue weighted by atomic mass is 10.1. The van der Waals surface area contributed by atoms with E-state index in [1.807, 2.05) is 41.3 Å². The van der Waals surface area contributed by atoms with E-state index in [0.717, 1.165) is 11.3 Å². The quantitative estimate of drug-likeness (QED) is 0.520.